The number of aliphatic hydroxyl groups is 1. The van der Waals surface area contributed by atoms with Crippen molar-refractivity contribution in [3.05, 3.63) is 35.9 Å². The van der Waals surface area contributed by atoms with Gasteiger partial charge in [-0.05, 0) is 32.3 Å². The fourth-order valence-electron chi connectivity index (χ4n) is 1.93. The van der Waals surface area contributed by atoms with Gasteiger partial charge in [-0.15, -0.1) is 0 Å². The minimum atomic E-state index is -3.67. The Hall–Kier alpha value is -1.49. The Bertz CT molecular complexity index is 430. The second-order valence-corrected chi connectivity index (χ2v) is 5.08. The highest BCUT2D eigenvalue weighted by Gasteiger charge is 2.46. The maximum Gasteiger partial charge on any atom is 0.377 e. The zero-order valence-electron chi connectivity index (χ0n) is 11.7. The normalized spacial score (nSPS) is 14.7. The van der Waals surface area contributed by atoms with Crippen molar-refractivity contribution in [2.24, 2.45) is 0 Å². The molecule has 1 rings (SSSR count). The molecule has 0 amide bonds. The van der Waals surface area contributed by atoms with E-state index in [9.17, 15) is 18.7 Å². The number of esters is 1. The highest BCUT2D eigenvalue weighted by molar-refractivity contribution is 5.77. The van der Waals surface area contributed by atoms with Crippen molar-refractivity contribution in [2.75, 3.05) is 6.61 Å². The number of aryl methyl sites for hydroxylation is 1. The van der Waals surface area contributed by atoms with E-state index in [4.69, 9.17) is 0 Å². The Kier molecular flexibility index (Phi) is 5.62. The summed E-state index contributed by atoms with van der Waals surface area (Å²) in [5, 5.41) is 10.0. The summed E-state index contributed by atoms with van der Waals surface area (Å²) >= 11 is 0. The van der Waals surface area contributed by atoms with Crippen LogP contribution in [0.5, 0.6) is 0 Å². The van der Waals surface area contributed by atoms with Crippen LogP contribution in [0.25, 0.3) is 0 Å². The molecule has 0 radical (unpaired) electrons. The quantitative estimate of drug-likeness (QED) is 0.784. The lowest BCUT2D eigenvalue weighted by Gasteiger charge is -2.27. The number of alkyl halides is 2. The number of ether oxygens (including phenoxy) is 1. The Morgan fingerprint density at radius 1 is 1.30 bits per heavy atom. The van der Waals surface area contributed by atoms with Crippen LogP contribution in [0.4, 0.5) is 8.78 Å². The summed E-state index contributed by atoms with van der Waals surface area (Å²) in [7, 11) is 0. The number of benzene rings is 1. The van der Waals surface area contributed by atoms with Gasteiger partial charge in [-0.1, -0.05) is 30.3 Å². The van der Waals surface area contributed by atoms with Crippen LogP contribution in [0, 0.1) is 0 Å². The van der Waals surface area contributed by atoms with E-state index in [0.717, 1.165) is 5.56 Å². The van der Waals surface area contributed by atoms with Crippen LogP contribution in [0.1, 0.15) is 32.3 Å². The summed E-state index contributed by atoms with van der Waals surface area (Å²) < 4.78 is 31.5. The van der Waals surface area contributed by atoms with Gasteiger partial charge >= 0.3 is 11.9 Å². The van der Waals surface area contributed by atoms with Crippen molar-refractivity contribution in [3.8, 4) is 0 Å². The molecule has 0 aliphatic rings. The molecule has 0 aromatic heterocycles. The Morgan fingerprint density at radius 3 is 2.45 bits per heavy atom. The summed E-state index contributed by atoms with van der Waals surface area (Å²) in [5.41, 5.74) is -0.682. The molecule has 20 heavy (non-hydrogen) atoms. The van der Waals surface area contributed by atoms with Gasteiger partial charge in [-0.25, -0.2) is 4.79 Å². The molecule has 0 spiro atoms. The van der Waals surface area contributed by atoms with E-state index >= 15 is 0 Å². The maximum atomic E-state index is 13.6. The lowest BCUT2D eigenvalue weighted by atomic mass is 9.91. The van der Waals surface area contributed by atoms with Crippen molar-refractivity contribution in [1.29, 1.82) is 0 Å². The van der Waals surface area contributed by atoms with Crippen molar-refractivity contribution >= 4 is 5.97 Å². The monoisotopic (exact) mass is 286 g/mol. The predicted molar refractivity (Wildman–Crippen MR) is 71.6 cm³/mol. The lowest BCUT2D eigenvalue weighted by Crippen LogP contribution is -2.40. The van der Waals surface area contributed by atoms with E-state index in [1.54, 1.807) is 0 Å². The molecule has 0 saturated carbocycles. The minimum Gasteiger partial charge on any atom is -0.462 e. The molecule has 5 heteroatoms. The van der Waals surface area contributed by atoms with Crippen LogP contribution in [-0.2, 0) is 16.0 Å². The molecule has 1 atom stereocenters. The SMILES string of the molecule is CCOC(=O)C(F)(F)CC(C)(O)CCc1ccccc1. The number of halogens is 2. The smallest absolute Gasteiger partial charge is 0.377 e. The van der Waals surface area contributed by atoms with Crippen LogP contribution in [0.3, 0.4) is 0 Å². The first kappa shape index (κ1) is 16.6. The van der Waals surface area contributed by atoms with E-state index in [1.807, 2.05) is 30.3 Å². The molecular weight excluding hydrogens is 266 g/mol. The molecule has 1 aromatic rings. The first-order chi connectivity index (χ1) is 9.27. The van der Waals surface area contributed by atoms with Crippen molar-refractivity contribution in [2.45, 2.75) is 44.6 Å². The Labute approximate surface area is 117 Å². The van der Waals surface area contributed by atoms with Crippen LogP contribution in [0.2, 0.25) is 0 Å². The summed E-state index contributed by atoms with van der Waals surface area (Å²) in [5.74, 6) is -5.25. The minimum absolute atomic E-state index is 0.111. The van der Waals surface area contributed by atoms with Gasteiger partial charge in [0, 0.05) is 0 Å². The number of hydrogen-bond acceptors (Lipinski definition) is 3. The third kappa shape index (κ3) is 5.25. The Morgan fingerprint density at radius 2 is 1.90 bits per heavy atom. The van der Waals surface area contributed by atoms with Crippen molar-refractivity contribution in [1.82, 2.24) is 0 Å². The highest BCUT2D eigenvalue weighted by Crippen LogP contribution is 2.30. The van der Waals surface area contributed by atoms with Gasteiger partial charge in [0.25, 0.3) is 0 Å². The second kappa shape index (κ2) is 6.79. The largest absolute Gasteiger partial charge is 0.462 e. The first-order valence-corrected chi connectivity index (χ1v) is 6.58. The molecule has 0 heterocycles. The van der Waals surface area contributed by atoms with E-state index < -0.39 is 23.9 Å². The van der Waals surface area contributed by atoms with Gasteiger partial charge in [-0.3, -0.25) is 0 Å². The standard InChI is InChI=1S/C15H20F2O3/c1-3-20-13(18)15(16,17)11-14(2,19)10-9-12-7-5-4-6-8-12/h4-8,19H,3,9-11H2,1-2H3. The van der Waals surface area contributed by atoms with Crippen LogP contribution in [-0.4, -0.2) is 29.2 Å². The number of hydrogen-bond donors (Lipinski definition) is 1. The summed E-state index contributed by atoms with van der Waals surface area (Å²) in [6.07, 6.45) is -0.329. The van der Waals surface area contributed by atoms with E-state index in [1.165, 1.54) is 13.8 Å². The second-order valence-electron chi connectivity index (χ2n) is 5.08. The number of carbonyl (C=O) groups is 1. The summed E-state index contributed by atoms with van der Waals surface area (Å²) in [6.45, 7) is 2.66. The zero-order valence-corrected chi connectivity index (χ0v) is 11.7. The number of carbonyl (C=O) groups excluding carboxylic acids is 1. The van der Waals surface area contributed by atoms with Gasteiger partial charge in [0.2, 0.25) is 0 Å². The molecule has 1 unspecified atom stereocenters. The van der Waals surface area contributed by atoms with Gasteiger partial charge < -0.3 is 9.84 Å². The van der Waals surface area contributed by atoms with Gasteiger partial charge in [0.15, 0.2) is 0 Å². The summed E-state index contributed by atoms with van der Waals surface area (Å²) in [6, 6.07) is 9.27. The fraction of sp³-hybridized carbons (Fsp3) is 0.533. The van der Waals surface area contributed by atoms with Crippen molar-refractivity contribution < 1.29 is 23.4 Å². The fourth-order valence-corrected chi connectivity index (χ4v) is 1.93. The first-order valence-electron chi connectivity index (χ1n) is 6.58. The third-order valence-electron chi connectivity index (χ3n) is 2.97. The lowest BCUT2D eigenvalue weighted by molar-refractivity contribution is -0.180. The molecule has 3 nitrogen and oxygen atoms in total. The number of rotatable bonds is 7. The molecule has 1 N–H and O–H groups in total. The average Bonchev–Trinajstić information content (AvgIpc) is 2.37. The van der Waals surface area contributed by atoms with Crippen LogP contribution < -0.4 is 0 Å². The molecule has 0 aliphatic carbocycles. The molecule has 1 aromatic carbocycles. The van der Waals surface area contributed by atoms with E-state index in [-0.39, 0.29) is 13.0 Å². The van der Waals surface area contributed by atoms with Gasteiger partial charge in [0.1, 0.15) is 0 Å². The van der Waals surface area contributed by atoms with E-state index in [2.05, 4.69) is 4.74 Å². The molecule has 0 aliphatic heterocycles. The summed E-state index contributed by atoms with van der Waals surface area (Å²) in [4.78, 5) is 11.1. The van der Waals surface area contributed by atoms with Gasteiger partial charge in [0.05, 0.1) is 18.6 Å². The maximum absolute atomic E-state index is 13.6. The third-order valence-corrected chi connectivity index (χ3v) is 2.97. The molecule has 0 fully saturated rings. The van der Waals surface area contributed by atoms with Crippen LogP contribution in [0.15, 0.2) is 30.3 Å². The molecular formula is C15H20F2O3. The van der Waals surface area contributed by atoms with E-state index in [0.29, 0.717) is 6.42 Å². The van der Waals surface area contributed by atoms with Crippen LogP contribution >= 0.6 is 0 Å². The predicted octanol–water partition coefficient (Wildman–Crippen LogP) is 2.96. The Balaban J connectivity index is 2.58. The van der Waals surface area contributed by atoms with Gasteiger partial charge in [-0.2, -0.15) is 8.78 Å². The molecule has 112 valence electrons. The topological polar surface area (TPSA) is 46.5 Å². The average molecular weight is 286 g/mol. The van der Waals surface area contributed by atoms with Crippen molar-refractivity contribution in [3.63, 3.8) is 0 Å². The highest BCUT2D eigenvalue weighted by atomic mass is 19.3. The molecule has 0 bridgehead atoms. The zero-order chi connectivity index (χ0) is 15.2. The molecule has 0 saturated heterocycles.